The van der Waals surface area contributed by atoms with E-state index >= 15 is 0 Å². The SMILES string of the molecule is Cc1ccc2c(c1)CCCN2CC(=O)Nc1cc(C)no1. The van der Waals surface area contributed by atoms with Gasteiger partial charge in [0.2, 0.25) is 11.8 Å². The highest BCUT2D eigenvalue weighted by Gasteiger charge is 2.19. The molecule has 0 saturated heterocycles. The zero-order valence-corrected chi connectivity index (χ0v) is 12.3. The molecule has 1 aromatic heterocycles. The van der Waals surface area contributed by atoms with Crippen molar-refractivity contribution in [3.8, 4) is 0 Å². The first-order valence-corrected chi connectivity index (χ1v) is 7.19. The normalized spacial score (nSPS) is 13.9. The molecule has 0 atom stereocenters. The van der Waals surface area contributed by atoms with Crippen LogP contribution >= 0.6 is 0 Å². The molecule has 1 aliphatic rings. The predicted molar refractivity (Wildman–Crippen MR) is 81.6 cm³/mol. The number of hydrogen-bond donors (Lipinski definition) is 1. The van der Waals surface area contributed by atoms with Crippen LogP contribution in [0.3, 0.4) is 0 Å². The third-order valence-electron chi connectivity index (χ3n) is 3.67. The summed E-state index contributed by atoms with van der Waals surface area (Å²) in [5, 5.41) is 6.50. The van der Waals surface area contributed by atoms with Crippen molar-refractivity contribution in [2.75, 3.05) is 23.3 Å². The van der Waals surface area contributed by atoms with Gasteiger partial charge in [0.25, 0.3) is 0 Å². The van der Waals surface area contributed by atoms with Crippen molar-refractivity contribution in [2.45, 2.75) is 26.7 Å². The molecule has 5 nitrogen and oxygen atoms in total. The van der Waals surface area contributed by atoms with Crippen LogP contribution < -0.4 is 10.2 Å². The van der Waals surface area contributed by atoms with E-state index < -0.39 is 0 Å². The topological polar surface area (TPSA) is 58.4 Å². The molecule has 0 bridgehead atoms. The number of rotatable bonds is 3. The van der Waals surface area contributed by atoms with Gasteiger partial charge in [0.15, 0.2) is 0 Å². The number of carbonyl (C=O) groups excluding carboxylic acids is 1. The highest BCUT2D eigenvalue weighted by Crippen LogP contribution is 2.27. The summed E-state index contributed by atoms with van der Waals surface area (Å²) in [4.78, 5) is 14.2. The maximum absolute atomic E-state index is 12.1. The number of fused-ring (bicyclic) bond motifs is 1. The standard InChI is InChI=1S/C16H19N3O2/c1-11-5-6-14-13(8-11)4-3-7-19(14)10-15(20)17-16-9-12(2)18-21-16/h5-6,8-9H,3-4,7,10H2,1-2H3,(H,17,20). The van der Waals surface area contributed by atoms with Crippen molar-refractivity contribution in [1.29, 1.82) is 0 Å². The lowest BCUT2D eigenvalue weighted by Crippen LogP contribution is -2.36. The van der Waals surface area contributed by atoms with Crippen molar-refractivity contribution in [1.82, 2.24) is 5.16 Å². The molecular weight excluding hydrogens is 266 g/mol. The molecule has 0 saturated carbocycles. The molecule has 0 fully saturated rings. The molecule has 1 amide bonds. The number of nitrogens with zero attached hydrogens (tertiary/aromatic N) is 2. The van der Waals surface area contributed by atoms with Gasteiger partial charge >= 0.3 is 0 Å². The van der Waals surface area contributed by atoms with Crippen LogP contribution in [-0.4, -0.2) is 24.2 Å². The summed E-state index contributed by atoms with van der Waals surface area (Å²) in [7, 11) is 0. The fourth-order valence-corrected chi connectivity index (χ4v) is 2.74. The van der Waals surface area contributed by atoms with Crippen LogP contribution in [0.1, 0.15) is 23.2 Å². The summed E-state index contributed by atoms with van der Waals surface area (Å²) < 4.78 is 5.01. The first kappa shape index (κ1) is 13.7. The Morgan fingerprint density at radius 3 is 3.00 bits per heavy atom. The number of aryl methyl sites for hydroxylation is 3. The molecule has 1 N–H and O–H groups in total. The van der Waals surface area contributed by atoms with Gasteiger partial charge in [0.1, 0.15) is 0 Å². The maximum Gasteiger partial charge on any atom is 0.246 e. The smallest absolute Gasteiger partial charge is 0.246 e. The summed E-state index contributed by atoms with van der Waals surface area (Å²) in [6.45, 7) is 5.15. The highest BCUT2D eigenvalue weighted by atomic mass is 16.5. The average Bonchev–Trinajstić information content (AvgIpc) is 2.83. The van der Waals surface area contributed by atoms with E-state index in [9.17, 15) is 4.79 Å². The minimum atomic E-state index is -0.0837. The Balaban J connectivity index is 1.70. The van der Waals surface area contributed by atoms with Crippen LogP contribution in [0, 0.1) is 13.8 Å². The molecule has 5 heteroatoms. The van der Waals surface area contributed by atoms with Crippen molar-refractivity contribution >= 4 is 17.5 Å². The van der Waals surface area contributed by atoms with E-state index in [-0.39, 0.29) is 5.91 Å². The van der Waals surface area contributed by atoms with Gasteiger partial charge < -0.3 is 9.42 Å². The van der Waals surface area contributed by atoms with Gasteiger partial charge in [-0.1, -0.05) is 22.9 Å². The second-order valence-electron chi connectivity index (χ2n) is 5.54. The van der Waals surface area contributed by atoms with Gasteiger partial charge in [-0.3, -0.25) is 10.1 Å². The molecule has 1 aromatic carbocycles. The molecule has 2 heterocycles. The first-order chi connectivity index (χ1) is 10.1. The van der Waals surface area contributed by atoms with Gasteiger partial charge in [-0.25, -0.2) is 0 Å². The molecule has 110 valence electrons. The van der Waals surface area contributed by atoms with E-state index in [0.717, 1.165) is 30.8 Å². The number of aromatic nitrogens is 1. The van der Waals surface area contributed by atoms with Gasteiger partial charge in [-0.05, 0) is 38.3 Å². The quantitative estimate of drug-likeness (QED) is 0.942. The van der Waals surface area contributed by atoms with Crippen LogP contribution in [0.25, 0.3) is 0 Å². The Hall–Kier alpha value is -2.30. The minimum absolute atomic E-state index is 0.0837. The lowest BCUT2D eigenvalue weighted by Gasteiger charge is -2.30. The van der Waals surface area contributed by atoms with Gasteiger partial charge in [-0.15, -0.1) is 0 Å². The molecule has 0 spiro atoms. The number of anilines is 2. The Bertz CT molecular complexity index is 663. The van der Waals surface area contributed by atoms with Crippen LogP contribution in [0.5, 0.6) is 0 Å². The lowest BCUT2D eigenvalue weighted by molar-refractivity contribution is -0.115. The summed E-state index contributed by atoms with van der Waals surface area (Å²) >= 11 is 0. The van der Waals surface area contributed by atoms with Crippen LogP contribution in [-0.2, 0) is 11.2 Å². The number of nitrogens with one attached hydrogen (secondary N) is 1. The molecule has 0 aliphatic carbocycles. The Kier molecular flexibility index (Phi) is 3.64. The zero-order chi connectivity index (χ0) is 14.8. The highest BCUT2D eigenvalue weighted by molar-refractivity contribution is 5.93. The first-order valence-electron chi connectivity index (χ1n) is 7.19. The fraction of sp³-hybridized carbons (Fsp3) is 0.375. The molecular formula is C16H19N3O2. The third-order valence-corrected chi connectivity index (χ3v) is 3.67. The largest absolute Gasteiger partial charge is 0.362 e. The van der Waals surface area contributed by atoms with E-state index in [2.05, 4.69) is 40.5 Å². The number of amides is 1. The third kappa shape index (κ3) is 3.07. The maximum atomic E-state index is 12.1. The van der Waals surface area contributed by atoms with Gasteiger partial charge in [0.05, 0.1) is 12.2 Å². The van der Waals surface area contributed by atoms with E-state index in [1.54, 1.807) is 6.07 Å². The molecule has 2 aromatic rings. The van der Waals surface area contributed by atoms with E-state index in [1.165, 1.54) is 11.1 Å². The van der Waals surface area contributed by atoms with Crippen LogP contribution in [0.4, 0.5) is 11.6 Å². The van der Waals surface area contributed by atoms with E-state index in [4.69, 9.17) is 4.52 Å². The molecule has 0 unspecified atom stereocenters. The molecule has 1 aliphatic heterocycles. The summed E-state index contributed by atoms with van der Waals surface area (Å²) in [6.07, 6.45) is 2.15. The number of carbonyl (C=O) groups is 1. The van der Waals surface area contributed by atoms with Gasteiger partial charge in [-0.2, -0.15) is 0 Å². The minimum Gasteiger partial charge on any atom is -0.362 e. The van der Waals surface area contributed by atoms with Gasteiger partial charge in [0, 0.05) is 18.3 Å². The van der Waals surface area contributed by atoms with Crippen molar-refractivity contribution in [2.24, 2.45) is 0 Å². The Labute approximate surface area is 123 Å². The zero-order valence-electron chi connectivity index (χ0n) is 12.3. The fourth-order valence-electron chi connectivity index (χ4n) is 2.74. The second-order valence-corrected chi connectivity index (χ2v) is 5.54. The lowest BCUT2D eigenvalue weighted by atomic mass is 9.99. The van der Waals surface area contributed by atoms with Crippen molar-refractivity contribution in [3.05, 3.63) is 41.1 Å². The van der Waals surface area contributed by atoms with Crippen molar-refractivity contribution < 1.29 is 9.32 Å². The number of benzene rings is 1. The Morgan fingerprint density at radius 1 is 1.38 bits per heavy atom. The van der Waals surface area contributed by atoms with E-state index in [1.807, 2.05) is 6.92 Å². The van der Waals surface area contributed by atoms with Crippen molar-refractivity contribution in [3.63, 3.8) is 0 Å². The van der Waals surface area contributed by atoms with E-state index in [0.29, 0.717) is 12.4 Å². The summed E-state index contributed by atoms with van der Waals surface area (Å²) in [5.74, 6) is 0.318. The predicted octanol–water partition coefficient (Wildman–Crippen LogP) is 2.68. The monoisotopic (exact) mass is 285 g/mol. The van der Waals surface area contributed by atoms with Crippen LogP contribution in [0.15, 0.2) is 28.8 Å². The van der Waals surface area contributed by atoms with Crippen LogP contribution in [0.2, 0.25) is 0 Å². The average molecular weight is 285 g/mol. The Morgan fingerprint density at radius 2 is 2.24 bits per heavy atom. The second kappa shape index (κ2) is 5.60. The number of hydrogen-bond acceptors (Lipinski definition) is 4. The summed E-state index contributed by atoms with van der Waals surface area (Å²) in [6, 6.07) is 8.12. The molecule has 3 rings (SSSR count). The summed E-state index contributed by atoms with van der Waals surface area (Å²) in [5.41, 5.74) is 4.50. The molecule has 21 heavy (non-hydrogen) atoms. The molecule has 0 radical (unpaired) electrons.